The van der Waals surface area contributed by atoms with E-state index in [4.69, 9.17) is 0 Å². The van der Waals surface area contributed by atoms with Crippen LogP contribution < -0.4 is 10.6 Å². The molecule has 3 rings (SSSR count). The summed E-state index contributed by atoms with van der Waals surface area (Å²) >= 11 is 0. The predicted molar refractivity (Wildman–Crippen MR) is 64.6 cm³/mol. The molecule has 0 aliphatic carbocycles. The maximum Gasteiger partial charge on any atom is 0.0983 e. The van der Waals surface area contributed by atoms with Crippen molar-refractivity contribution in [2.45, 2.75) is 30.9 Å². The number of rotatable bonds is 1. The summed E-state index contributed by atoms with van der Waals surface area (Å²) in [5.74, 6) is 0. The first-order chi connectivity index (χ1) is 7.78. The lowest BCUT2D eigenvalue weighted by Crippen LogP contribution is -2.50. The Morgan fingerprint density at radius 1 is 1.31 bits per heavy atom. The average Bonchev–Trinajstić information content (AvgIpc) is 2.77. The third kappa shape index (κ3) is 1.60. The number of anilines is 1. The van der Waals surface area contributed by atoms with E-state index in [2.05, 4.69) is 28.8 Å². The molecule has 3 nitrogen and oxygen atoms in total. The molecule has 3 N–H and O–H groups in total. The van der Waals surface area contributed by atoms with Gasteiger partial charge in [0, 0.05) is 12.2 Å². The van der Waals surface area contributed by atoms with Crippen LogP contribution in [0, 0.1) is 0 Å². The van der Waals surface area contributed by atoms with Gasteiger partial charge in [-0.2, -0.15) is 0 Å². The fourth-order valence-electron chi connectivity index (χ4n) is 2.84. The van der Waals surface area contributed by atoms with Gasteiger partial charge in [0.2, 0.25) is 0 Å². The van der Waals surface area contributed by atoms with Crippen molar-refractivity contribution in [3.05, 3.63) is 29.8 Å². The fourth-order valence-corrected chi connectivity index (χ4v) is 2.84. The van der Waals surface area contributed by atoms with E-state index in [9.17, 15) is 5.11 Å². The topological polar surface area (TPSA) is 44.3 Å². The number of β-amino-alcohol motifs (C(OH)–C–C–N with tert-alkyl or cyclic N) is 1. The van der Waals surface area contributed by atoms with Gasteiger partial charge in [0.25, 0.3) is 0 Å². The van der Waals surface area contributed by atoms with Crippen LogP contribution >= 0.6 is 0 Å². The number of aliphatic hydroxyl groups is 1. The highest BCUT2D eigenvalue weighted by Gasteiger charge is 2.40. The van der Waals surface area contributed by atoms with E-state index in [1.165, 1.54) is 11.3 Å². The van der Waals surface area contributed by atoms with Crippen molar-refractivity contribution in [1.29, 1.82) is 0 Å². The van der Waals surface area contributed by atoms with Crippen molar-refractivity contribution in [2.24, 2.45) is 0 Å². The maximum absolute atomic E-state index is 10.5. The van der Waals surface area contributed by atoms with Crippen LogP contribution in [-0.2, 0) is 6.42 Å². The van der Waals surface area contributed by atoms with E-state index in [1.807, 2.05) is 6.07 Å². The zero-order valence-corrected chi connectivity index (χ0v) is 9.37. The van der Waals surface area contributed by atoms with Crippen LogP contribution in [0.1, 0.15) is 18.4 Å². The molecule has 2 aliphatic rings. The second-order valence-electron chi connectivity index (χ2n) is 4.92. The Balaban J connectivity index is 1.82. The summed E-state index contributed by atoms with van der Waals surface area (Å²) in [5, 5.41) is 17.3. The van der Waals surface area contributed by atoms with Crippen LogP contribution in [0.4, 0.5) is 5.69 Å². The Labute approximate surface area is 95.9 Å². The molecule has 0 amide bonds. The van der Waals surface area contributed by atoms with Gasteiger partial charge in [0.15, 0.2) is 0 Å². The Morgan fingerprint density at radius 3 is 3.00 bits per heavy atom. The molecule has 2 unspecified atom stereocenters. The second kappa shape index (κ2) is 3.75. The molecule has 0 aromatic heterocycles. The highest BCUT2D eigenvalue weighted by atomic mass is 16.3. The molecule has 1 aromatic carbocycles. The van der Waals surface area contributed by atoms with Crippen molar-refractivity contribution in [2.75, 3.05) is 18.4 Å². The van der Waals surface area contributed by atoms with Crippen molar-refractivity contribution in [3.63, 3.8) is 0 Å². The van der Waals surface area contributed by atoms with Crippen molar-refractivity contribution >= 4 is 5.69 Å². The largest absolute Gasteiger partial charge is 0.386 e. The quantitative estimate of drug-likeness (QED) is 0.662. The minimum absolute atomic E-state index is 0.192. The molecule has 0 saturated carbocycles. The predicted octanol–water partition coefficient (Wildman–Crippen LogP) is 1.14. The highest BCUT2D eigenvalue weighted by Crippen LogP contribution is 2.31. The normalized spacial score (nSPS) is 33.2. The zero-order chi connectivity index (χ0) is 11.0. The molecule has 16 heavy (non-hydrogen) atoms. The summed E-state index contributed by atoms with van der Waals surface area (Å²) < 4.78 is 0. The smallest absolute Gasteiger partial charge is 0.0983 e. The van der Waals surface area contributed by atoms with Gasteiger partial charge in [-0.1, -0.05) is 18.2 Å². The van der Waals surface area contributed by atoms with Gasteiger partial charge in [0.05, 0.1) is 11.6 Å². The Hall–Kier alpha value is -1.06. The summed E-state index contributed by atoms with van der Waals surface area (Å²) in [6.07, 6.45) is 2.94. The number of benzene rings is 1. The molecular formula is C13H18N2O. The van der Waals surface area contributed by atoms with Crippen LogP contribution in [0.5, 0.6) is 0 Å². The summed E-state index contributed by atoms with van der Waals surface area (Å²) in [6, 6.07) is 8.58. The monoisotopic (exact) mass is 218 g/mol. The summed E-state index contributed by atoms with van der Waals surface area (Å²) in [7, 11) is 0. The van der Waals surface area contributed by atoms with Gasteiger partial charge >= 0.3 is 0 Å². The Bertz CT molecular complexity index is 385. The third-order valence-electron chi connectivity index (χ3n) is 3.86. The molecular weight excluding hydrogens is 200 g/mol. The van der Waals surface area contributed by atoms with Crippen molar-refractivity contribution < 1.29 is 5.11 Å². The van der Waals surface area contributed by atoms with Crippen molar-refractivity contribution in [3.8, 4) is 0 Å². The Kier molecular flexibility index (Phi) is 2.37. The lowest BCUT2D eigenvalue weighted by molar-refractivity contribution is 0.0373. The lowest BCUT2D eigenvalue weighted by Gasteiger charge is -2.37. The molecule has 2 atom stereocenters. The SMILES string of the molecule is OC1(C2CCc3ccccc3N2)CCNC1. The molecule has 1 saturated heterocycles. The number of hydrogen-bond acceptors (Lipinski definition) is 3. The number of fused-ring (bicyclic) bond motifs is 1. The van der Waals surface area contributed by atoms with Crippen LogP contribution in [0.25, 0.3) is 0 Å². The third-order valence-corrected chi connectivity index (χ3v) is 3.86. The van der Waals surface area contributed by atoms with Gasteiger partial charge in [-0.15, -0.1) is 0 Å². The summed E-state index contributed by atoms with van der Waals surface area (Å²) in [4.78, 5) is 0. The molecule has 0 radical (unpaired) electrons. The molecule has 2 aliphatic heterocycles. The summed E-state index contributed by atoms with van der Waals surface area (Å²) in [6.45, 7) is 1.64. The Morgan fingerprint density at radius 2 is 2.19 bits per heavy atom. The van der Waals surface area contributed by atoms with Crippen LogP contribution in [0.2, 0.25) is 0 Å². The van der Waals surface area contributed by atoms with Gasteiger partial charge in [-0.25, -0.2) is 0 Å². The molecule has 86 valence electrons. The molecule has 1 fully saturated rings. The molecule has 2 heterocycles. The number of hydrogen-bond donors (Lipinski definition) is 3. The van der Waals surface area contributed by atoms with Crippen LogP contribution in [0.15, 0.2) is 24.3 Å². The number of nitrogens with one attached hydrogen (secondary N) is 2. The fraction of sp³-hybridized carbons (Fsp3) is 0.538. The number of para-hydroxylation sites is 1. The average molecular weight is 218 g/mol. The van der Waals surface area contributed by atoms with E-state index in [0.29, 0.717) is 6.54 Å². The minimum Gasteiger partial charge on any atom is -0.386 e. The van der Waals surface area contributed by atoms with Gasteiger partial charge in [-0.05, 0) is 37.4 Å². The van der Waals surface area contributed by atoms with Crippen molar-refractivity contribution in [1.82, 2.24) is 5.32 Å². The number of aryl methyl sites for hydroxylation is 1. The first-order valence-electron chi connectivity index (χ1n) is 6.05. The van der Waals surface area contributed by atoms with E-state index >= 15 is 0 Å². The van der Waals surface area contributed by atoms with E-state index < -0.39 is 5.60 Å². The molecule has 3 heteroatoms. The molecule has 0 spiro atoms. The van der Waals surface area contributed by atoms with E-state index in [-0.39, 0.29) is 6.04 Å². The van der Waals surface area contributed by atoms with Gasteiger partial charge in [-0.3, -0.25) is 0 Å². The zero-order valence-electron chi connectivity index (χ0n) is 9.37. The first-order valence-corrected chi connectivity index (χ1v) is 6.05. The van der Waals surface area contributed by atoms with Crippen LogP contribution in [-0.4, -0.2) is 29.8 Å². The minimum atomic E-state index is -0.562. The first kappa shape index (κ1) is 10.1. The van der Waals surface area contributed by atoms with Gasteiger partial charge < -0.3 is 15.7 Å². The van der Waals surface area contributed by atoms with Crippen LogP contribution in [0.3, 0.4) is 0 Å². The van der Waals surface area contributed by atoms with E-state index in [0.717, 1.165) is 25.8 Å². The standard InChI is InChI=1S/C13H18N2O/c16-13(7-8-14-9-13)12-6-5-10-3-1-2-4-11(10)15-12/h1-4,12,14-16H,5-9H2. The highest BCUT2D eigenvalue weighted by molar-refractivity contribution is 5.54. The van der Waals surface area contributed by atoms with E-state index in [1.54, 1.807) is 0 Å². The maximum atomic E-state index is 10.5. The second-order valence-corrected chi connectivity index (χ2v) is 4.92. The van der Waals surface area contributed by atoms with Gasteiger partial charge in [0.1, 0.15) is 0 Å². The summed E-state index contributed by atoms with van der Waals surface area (Å²) in [5.41, 5.74) is 2.00. The lowest BCUT2D eigenvalue weighted by atomic mass is 9.85. The molecule has 0 bridgehead atoms. The molecule has 1 aromatic rings.